The zero-order chi connectivity index (χ0) is 22.0. The molecule has 0 N–H and O–H groups in total. The van der Waals surface area contributed by atoms with Gasteiger partial charge in [0, 0.05) is 0 Å². The highest BCUT2D eigenvalue weighted by Crippen LogP contribution is 2.43. The number of benzene rings is 4. The third-order valence-corrected chi connectivity index (χ3v) is 6.02. The molecule has 0 fully saturated rings. The zero-order valence-electron chi connectivity index (χ0n) is 18.1. The van der Waals surface area contributed by atoms with Crippen molar-refractivity contribution in [1.29, 1.82) is 0 Å². The minimum Gasteiger partial charge on any atom is -0.497 e. The molecule has 5 aromatic rings. The number of ether oxygens (including phenoxy) is 2. The molecule has 0 radical (unpaired) electrons. The van der Waals surface area contributed by atoms with Gasteiger partial charge in [0.15, 0.2) is 0 Å². The van der Waals surface area contributed by atoms with E-state index in [9.17, 15) is 0 Å². The van der Waals surface area contributed by atoms with E-state index in [4.69, 9.17) is 14.5 Å². The number of hydrogen-bond acceptors (Lipinski definition) is 3. The third-order valence-electron chi connectivity index (χ3n) is 6.02. The van der Waals surface area contributed by atoms with Crippen LogP contribution in [0.1, 0.15) is 16.7 Å². The first kappa shape index (κ1) is 19.9. The predicted molar refractivity (Wildman–Crippen MR) is 127 cm³/mol. The number of fused-ring (bicyclic) bond motifs is 1. The molecule has 0 aliphatic carbocycles. The van der Waals surface area contributed by atoms with Crippen LogP contribution >= 0.6 is 0 Å². The largest absolute Gasteiger partial charge is 0.497 e. The molecule has 158 valence electrons. The van der Waals surface area contributed by atoms with Crippen molar-refractivity contribution in [3.8, 4) is 11.5 Å². The lowest BCUT2D eigenvalue weighted by atomic mass is 9.76. The fourth-order valence-electron chi connectivity index (χ4n) is 4.49. The number of imidazole rings is 1. The van der Waals surface area contributed by atoms with Crippen LogP contribution in [-0.4, -0.2) is 23.8 Å². The average Bonchev–Trinajstić information content (AvgIpc) is 3.30. The highest BCUT2D eigenvalue weighted by atomic mass is 16.5. The van der Waals surface area contributed by atoms with Gasteiger partial charge in [-0.25, -0.2) is 4.98 Å². The molecule has 0 amide bonds. The molecule has 5 rings (SSSR count). The summed E-state index contributed by atoms with van der Waals surface area (Å²) >= 11 is 0. The summed E-state index contributed by atoms with van der Waals surface area (Å²) in [5, 5.41) is 0. The first-order valence-corrected chi connectivity index (χ1v) is 10.5. The maximum absolute atomic E-state index is 5.45. The van der Waals surface area contributed by atoms with Crippen LogP contribution in [0, 0.1) is 0 Å². The Morgan fingerprint density at radius 3 is 1.66 bits per heavy atom. The Balaban J connectivity index is 1.90. The van der Waals surface area contributed by atoms with Crippen molar-refractivity contribution in [1.82, 2.24) is 9.55 Å². The Kier molecular flexibility index (Phi) is 5.12. The van der Waals surface area contributed by atoms with Gasteiger partial charge in [-0.1, -0.05) is 66.7 Å². The number of para-hydroxylation sites is 2. The third kappa shape index (κ3) is 3.12. The number of methoxy groups -OCH3 is 2. The Labute approximate surface area is 187 Å². The summed E-state index contributed by atoms with van der Waals surface area (Å²) in [6, 6.07) is 35.3. The molecule has 0 atom stereocenters. The van der Waals surface area contributed by atoms with E-state index in [0.29, 0.717) is 0 Å². The van der Waals surface area contributed by atoms with E-state index >= 15 is 0 Å². The van der Waals surface area contributed by atoms with Gasteiger partial charge in [0.1, 0.15) is 17.0 Å². The summed E-state index contributed by atoms with van der Waals surface area (Å²) in [6.45, 7) is 0. The van der Waals surface area contributed by atoms with Crippen LogP contribution in [0.15, 0.2) is 109 Å². The van der Waals surface area contributed by atoms with E-state index in [2.05, 4.69) is 65.2 Å². The van der Waals surface area contributed by atoms with Gasteiger partial charge in [-0.15, -0.1) is 0 Å². The summed E-state index contributed by atoms with van der Waals surface area (Å²) in [6.07, 6.45) is 1.94. The lowest BCUT2D eigenvalue weighted by molar-refractivity contribution is 0.413. The monoisotopic (exact) mass is 420 g/mol. The van der Waals surface area contributed by atoms with E-state index in [0.717, 1.165) is 39.2 Å². The second-order valence-corrected chi connectivity index (χ2v) is 7.64. The Morgan fingerprint density at radius 2 is 1.09 bits per heavy atom. The molecule has 4 heteroatoms. The van der Waals surface area contributed by atoms with E-state index in [1.54, 1.807) is 14.2 Å². The number of hydrogen-bond donors (Lipinski definition) is 0. The lowest BCUT2D eigenvalue weighted by Crippen LogP contribution is -2.37. The molecular weight excluding hydrogens is 396 g/mol. The normalized spacial score (nSPS) is 11.4. The van der Waals surface area contributed by atoms with Crippen molar-refractivity contribution < 1.29 is 9.47 Å². The maximum atomic E-state index is 5.45. The van der Waals surface area contributed by atoms with Gasteiger partial charge in [-0.2, -0.15) is 0 Å². The minimum atomic E-state index is -0.643. The fraction of sp³-hybridized carbons (Fsp3) is 0.107. The topological polar surface area (TPSA) is 36.3 Å². The van der Waals surface area contributed by atoms with Crippen molar-refractivity contribution in [3.63, 3.8) is 0 Å². The molecule has 1 heterocycles. The van der Waals surface area contributed by atoms with Crippen molar-refractivity contribution in [3.05, 3.63) is 126 Å². The van der Waals surface area contributed by atoms with Gasteiger partial charge in [0.2, 0.25) is 0 Å². The summed E-state index contributed by atoms with van der Waals surface area (Å²) in [5.41, 5.74) is 4.72. The van der Waals surface area contributed by atoms with Crippen LogP contribution in [-0.2, 0) is 5.54 Å². The van der Waals surface area contributed by atoms with Crippen LogP contribution in [0.2, 0.25) is 0 Å². The van der Waals surface area contributed by atoms with Crippen LogP contribution in [0.3, 0.4) is 0 Å². The van der Waals surface area contributed by atoms with Gasteiger partial charge >= 0.3 is 0 Å². The van der Waals surface area contributed by atoms with Gasteiger partial charge < -0.3 is 14.0 Å². The lowest BCUT2D eigenvalue weighted by Gasteiger charge is -2.38. The number of rotatable bonds is 6. The van der Waals surface area contributed by atoms with Crippen LogP contribution in [0.4, 0.5) is 0 Å². The standard InChI is InChI=1S/C28H24N2O2/c1-31-24-16-12-22(13-17-24)28(21-8-4-3-5-9-21,23-14-18-25(32-2)19-15-23)30-20-29-26-10-6-7-11-27(26)30/h3-20H,1-2H3. The number of nitrogens with zero attached hydrogens (tertiary/aromatic N) is 2. The van der Waals surface area contributed by atoms with E-state index < -0.39 is 5.54 Å². The fourth-order valence-corrected chi connectivity index (χ4v) is 4.49. The van der Waals surface area contributed by atoms with Gasteiger partial charge in [0.25, 0.3) is 0 Å². The molecule has 0 saturated carbocycles. The first-order chi connectivity index (χ1) is 15.8. The predicted octanol–water partition coefficient (Wildman–Crippen LogP) is 5.89. The highest BCUT2D eigenvalue weighted by Gasteiger charge is 2.39. The van der Waals surface area contributed by atoms with Crippen LogP contribution < -0.4 is 9.47 Å². The SMILES string of the molecule is COc1ccc(C(c2ccccc2)(c2ccc(OC)cc2)n2cnc3ccccc32)cc1. The second kappa shape index (κ2) is 8.23. The zero-order valence-corrected chi connectivity index (χ0v) is 18.1. The highest BCUT2D eigenvalue weighted by molar-refractivity contribution is 5.77. The van der Waals surface area contributed by atoms with Gasteiger partial charge in [-0.3, -0.25) is 0 Å². The molecule has 0 aliphatic rings. The van der Waals surface area contributed by atoms with Crippen molar-refractivity contribution in [2.24, 2.45) is 0 Å². The van der Waals surface area contributed by atoms with E-state index in [-0.39, 0.29) is 0 Å². The summed E-state index contributed by atoms with van der Waals surface area (Å²) in [5.74, 6) is 1.64. The molecule has 4 aromatic carbocycles. The second-order valence-electron chi connectivity index (χ2n) is 7.64. The van der Waals surface area contributed by atoms with Crippen molar-refractivity contribution >= 4 is 11.0 Å². The smallest absolute Gasteiger partial charge is 0.122 e. The molecule has 32 heavy (non-hydrogen) atoms. The molecule has 0 bridgehead atoms. The van der Waals surface area contributed by atoms with Crippen LogP contribution in [0.5, 0.6) is 11.5 Å². The quantitative estimate of drug-likeness (QED) is 0.321. The van der Waals surface area contributed by atoms with Crippen LogP contribution in [0.25, 0.3) is 11.0 Å². The van der Waals surface area contributed by atoms with Gasteiger partial charge in [-0.05, 0) is 53.1 Å². The average molecular weight is 421 g/mol. The molecule has 4 nitrogen and oxygen atoms in total. The van der Waals surface area contributed by atoms with Crippen molar-refractivity contribution in [2.75, 3.05) is 14.2 Å². The first-order valence-electron chi connectivity index (χ1n) is 10.5. The van der Waals surface area contributed by atoms with E-state index in [1.165, 1.54) is 0 Å². The summed E-state index contributed by atoms with van der Waals surface area (Å²) in [7, 11) is 3.37. The maximum Gasteiger partial charge on any atom is 0.122 e. The molecule has 0 spiro atoms. The molecule has 0 saturated heterocycles. The molecular formula is C28H24N2O2. The van der Waals surface area contributed by atoms with E-state index in [1.807, 2.05) is 48.8 Å². The molecule has 0 unspecified atom stereocenters. The minimum absolute atomic E-state index is 0.643. The summed E-state index contributed by atoms with van der Waals surface area (Å²) < 4.78 is 13.2. The Hall–Kier alpha value is -4.05. The number of aromatic nitrogens is 2. The van der Waals surface area contributed by atoms with Crippen molar-refractivity contribution in [2.45, 2.75) is 5.54 Å². The summed E-state index contributed by atoms with van der Waals surface area (Å²) in [4.78, 5) is 4.74. The Morgan fingerprint density at radius 1 is 0.594 bits per heavy atom. The molecule has 1 aromatic heterocycles. The Bertz CT molecular complexity index is 1280. The van der Waals surface area contributed by atoms with Gasteiger partial charge in [0.05, 0.1) is 31.6 Å². The molecule has 0 aliphatic heterocycles.